The number of benzene rings is 1. The standard InChI is InChI=1S/C26H21F4N5O3/c1-35-14-15(2-5-24(35)37)8-21-31-12-18(13-32-21)16-3-4-17(19(27)9-16)10-23(36)33-22-11-20(38-34-22)25(6-7-25)26(28,29)30/h2-5,9,11-14H,6-8,10H2,1H3,(H,33,34,36). The number of alkyl halides is 3. The third kappa shape index (κ3) is 5.06. The summed E-state index contributed by atoms with van der Waals surface area (Å²) < 4.78 is 60.8. The molecule has 1 N–H and O–H groups in total. The van der Waals surface area contributed by atoms with Crippen molar-refractivity contribution in [2.24, 2.45) is 7.05 Å². The van der Waals surface area contributed by atoms with Crippen LogP contribution < -0.4 is 10.9 Å². The van der Waals surface area contributed by atoms with Crippen LogP contribution in [0.25, 0.3) is 11.1 Å². The van der Waals surface area contributed by atoms with Gasteiger partial charge in [0.1, 0.15) is 17.1 Å². The first-order chi connectivity index (χ1) is 18.0. The second-order valence-electron chi connectivity index (χ2n) is 9.24. The molecule has 1 aromatic carbocycles. The zero-order valence-corrected chi connectivity index (χ0v) is 20.1. The summed E-state index contributed by atoms with van der Waals surface area (Å²) >= 11 is 0. The summed E-state index contributed by atoms with van der Waals surface area (Å²) in [6.07, 6.45) is 0.223. The number of halogens is 4. The molecule has 4 aromatic rings. The molecule has 3 aromatic heterocycles. The number of carbonyl (C=O) groups is 1. The Bertz CT molecular complexity index is 1560. The minimum atomic E-state index is -4.47. The fraction of sp³-hybridized carbons (Fsp3) is 0.269. The molecule has 0 bridgehead atoms. The van der Waals surface area contributed by atoms with Crippen molar-refractivity contribution < 1.29 is 26.9 Å². The second kappa shape index (κ2) is 9.51. The Morgan fingerprint density at radius 3 is 2.47 bits per heavy atom. The minimum Gasteiger partial charge on any atom is -0.358 e. The summed E-state index contributed by atoms with van der Waals surface area (Å²) in [5, 5.41) is 5.86. The van der Waals surface area contributed by atoms with Gasteiger partial charge in [0.15, 0.2) is 11.6 Å². The van der Waals surface area contributed by atoms with Gasteiger partial charge in [-0.05, 0) is 35.6 Å². The van der Waals surface area contributed by atoms with Gasteiger partial charge >= 0.3 is 6.18 Å². The van der Waals surface area contributed by atoms with Crippen LogP contribution in [0.2, 0.25) is 0 Å². The lowest BCUT2D eigenvalue weighted by atomic mass is 10.0. The normalized spacial score (nSPS) is 14.3. The molecule has 0 aliphatic heterocycles. The summed E-state index contributed by atoms with van der Waals surface area (Å²) in [5.74, 6) is -1.27. The molecule has 38 heavy (non-hydrogen) atoms. The second-order valence-corrected chi connectivity index (χ2v) is 9.24. The molecule has 0 spiro atoms. The van der Waals surface area contributed by atoms with Gasteiger partial charge < -0.3 is 14.4 Å². The van der Waals surface area contributed by atoms with Gasteiger partial charge in [0.25, 0.3) is 0 Å². The van der Waals surface area contributed by atoms with Gasteiger partial charge in [0.05, 0.1) is 6.42 Å². The first-order valence-corrected chi connectivity index (χ1v) is 11.6. The zero-order valence-electron chi connectivity index (χ0n) is 20.1. The van der Waals surface area contributed by atoms with E-state index in [1.54, 1.807) is 37.8 Å². The Labute approximate surface area is 213 Å². The predicted octanol–water partition coefficient (Wildman–Crippen LogP) is 4.34. The Morgan fingerprint density at radius 2 is 1.84 bits per heavy atom. The molecule has 0 atom stereocenters. The van der Waals surface area contributed by atoms with Crippen LogP contribution in [0.3, 0.4) is 0 Å². The summed E-state index contributed by atoms with van der Waals surface area (Å²) in [6.45, 7) is 0. The van der Waals surface area contributed by atoms with Crippen molar-refractivity contribution in [3.05, 3.63) is 93.9 Å². The first kappa shape index (κ1) is 25.3. The van der Waals surface area contributed by atoms with E-state index in [9.17, 15) is 27.2 Å². The van der Waals surface area contributed by atoms with Crippen LogP contribution in [0, 0.1) is 5.82 Å². The maximum Gasteiger partial charge on any atom is 0.401 e. The van der Waals surface area contributed by atoms with Crippen LogP contribution in [0.1, 0.15) is 35.6 Å². The van der Waals surface area contributed by atoms with Crippen LogP contribution >= 0.6 is 0 Å². The first-order valence-electron chi connectivity index (χ1n) is 11.6. The molecular weight excluding hydrogens is 506 g/mol. The smallest absolute Gasteiger partial charge is 0.358 e. The number of anilines is 1. The van der Waals surface area contributed by atoms with E-state index in [-0.39, 0.29) is 42.0 Å². The van der Waals surface area contributed by atoms with Crippen molar-refractivity contribution in [3.8, 4) is 11.1 Å². The summed E-state index contributed by atoms with van der Waals surface area (Å²) in [7, 11) is 1.66. The Morgan fingerprint density at radius 1 is 1.11 bits per heavy atom. The molecule has 1 amide bonds. The summed E-state index contributed by atoms with van der Waals surface area (Å²) in [4.78, 5) is 32.5. The van der Waals surface area contributed by atoms with Crippen molar-refractivity contribution in [1.29, 1.82) is 0 Å². The van der Waals surface area contributed by atoms with E-state index in [0.29, 0.717) is 23.4 Å². The largest absolute Gasteiger partial charge is 0.401 e. The number of amides is 1. The molecular formula is C26H21F4N5O3. The topological polar surface area (TPSA) is 103 Å². The van der Waals surface area contributed by atoms with Crippen molar-refractivity contribution in [3.63, 3.8) is 0 Å². The number of hydrogen-bond donors (Lipinski definition) is 1. The molecule has 8 nitrogen and oxygen atoms in total. The average Bonchev–Trinajstić information content (AvgIpc) is 3.57. The molecule has 12 heteroatoms. The molecule has 1 saturated carbocycles. The molecule has 5 rings (SSSR count). The van der Waals surface area contributed by atoms with E-state index in [1.165, 1.54) is 22.8 Å². The van der Waals surface area contributed by atoms with Crippen LogP contribution in [0.4, 0.5) is 23.4 Å². The molecule has 1 aliphatic carbocycles. The number of rotatable bonds is 7. The Kier molecular flexibility index (Phi) is 6.33. The maximum atomic E-state index is 14.8. The van der Waals surface area contributed by atoms with Crippen LogP contribution in [-0.4, -0.2) is 31.8 Å². The minimum absolute atomic E-state index is 0.0937. The van der Waals surface area contributed by atoms with Crippen LogP contribution in [-0.2, 0) is 30.1 Å². The number of nitrogens with zero attached hydrogens (tertiary/aromatic N) is 4. The van der Waals surface area contributed by atoms with Crippen LogP contribution in [0.5, 0.6) is 0 Å². The average molecular weight is 527 g/mol. The van der Waals surface area contributed by atoms with Crippen LogP contribution in [0.15, 0.2) is 64.3 Å². The fourth-order valence-corrected chi connectivity index (χ4v) is 4.12. The predicted molar refractivity (Wildman–Crippen MR) is 128 cm³/mol. The van der Waals surface area contributed by atoms with Crippen molar-refractivity contribution in [2.45, 2.75) is 37.3 Å². The number of carbonyl (C=O) groups excluding carboxylic acids is 1. The van der Waals surface area contributed by atoms with Crippen molar-refractivity contribution >= 4 is 11.7 Å². The van der Waals surface area contributed by atoms with E-state index in [0.717, 1.165) is 11.6 Å². The monoisotopic (exact) mass is 527 g/mol. The van der Waals surface area contributed by atoms with Crippen molar-refractivity contribution in [1.82, 2.24) is 19.7 Å². The fourth-order valence-electron chi connectivity index (χ4n) is 4.12. The Balaban J connectivity index is 1.22. The molecule has 3 heterocycles. The summed E-state index contributed by atoms with van der Waals surface area (Å²) in [6, 6.07) is 8.54. The highest BCUT2D eigenvalue weighted by atomic mass is 19.4. The highest BCUT2D eigenvalue weighted by molar-refractivity contribution is 5.91. The maximum absolute atomic E-state index is 14.8. The van der Waals surface area contributed by atoms with Gasteiger partial charge in [-0.15, -0.1) is 0 Å². The van der Waals surface area contributed by atoms with Gasteiger partial charge in [-0.1, -0.05) is 23.4 Å². The zero-order chi connectivity index (χ0) is 27.1. The van der Waals surface area contributed by atoms with Gasteiger partial charge in [-0.25, -0.2) is 14.4 Å². The van der Waals surface area contributed by atoms with E-state index >= 15 is 0 Å². The number of aromatic nitrogens is 4. The SMILES string of the molecule is Cn1cc(Cc2ncc(-c3ccc(CC(=O)Nc4cc(C5(C(F)(F)F)CC5)on4)c(F)c3)cn2)ccc1=O. The van der Waals surface area contributed by atoms with E-state index in [4.69, 9.17) is 4.52 Å². The quantitative estimate of drug-likeness (QED) is 0.359. The number of pyridine rings is 1. The van der Waals surface area contributed by atoms with Gasteiger partial charge in [0.2, 0.25) is 11.5 Å². The number of aryl methyl sites for hydroxylation is 1. The lowest BCUT2D eigenvalue weighted by Crippen LogP contribution is -2.28. The lowest BCUT2D eigenvalue weighted by Gasteiger charge is -2.14. The van der Waals surface area contributed by atoms with E-state index < -0.39 is 23.3 Å². The number of hydrogen-bond acceptors (Lipinski definition) is 6. The lowest BCUT2D eigenvalue weighted by molar-refractivity contribution is -0.165. The third-order valence-electron chi connectivity index (χ3n) is 6.49. The highest BCUT2D eigenvalue weighted by Gasteiger charge is 2.66. The van der Waals surface area contributed by atoms with E-state index in [2.05, 4.69) is 20.4 Å². The third-order valence-corrected chi connectivity index (χ3v) is 6.49. The van der Waals surface area contributed by atoms with Gasteiger partial charge in [0, 0.05) is 49.8 Å². The molecule has 1 fully saturated rings. The van der Waals surface area contributed by atoms with Gasteiger partial charge in [-0.3, -0.25) is 9.59 Å². The van der Waals surface area contributed by atoms with E-state index in [1.807, 2.05) is 0 Å². The number of nitrogens with one attached hydrogen (secondary N) is 1. The summed E-state index contributed by atoms with van der Waals surface area (Å²) in [5.41, 5.74) is -0.137. The molecule has 196 valence electrons. The Hall–Kier alpha value is -4.35. The molecule has 0 radical (unpaired) electrons. The molecule has 0 unspecified atom stereocenters. The molecule has 0 saturated heterocycles. The van der Waals surface area contributed by atoms with Gasteiger partial charge in [-0.2, -0.15) is 13.2 Å². The highest BCUT2D eigenvalue weighted by Crippen LogP contribution is 2.59. The van der Waals surface area contributed by atoms with Crippen molar-refractivity contribution in [2.75, 3.05) is 5.32 Å². The molecule has 1 aliphatic rings.